The molecule has 1 N–H and O–H groups in total. The van der Waals surface area contributed by atoms with Gasteiger partial charge in [-0.05, 0) is 36.4 Å². The third-order valence-electron chi connectivity index (χ3n) is 4.94. The number of para-hydroxylation sites is 1. The van der Waals surface area contributed by atoms with Gasteiger partial charge in [-0.1, -0.05) is 12.1 Å². The van der Waals surface area contributed by atoms with E-state index in [-0.39, 0.29) is 29.3 Å². The fraction of sp³-hybridized carbons (Fsp3) is 0.381. The van der Waals surface area contributed by atoms with Crippen molar-refractivity contribution >= 4 is 16.2 Å². The van der Waals surface area contributed by atoms with Gasteiger partial charge in [0.15, 0.2) is 9.84 Å². The number of amides is 1. The Labute approximate surface area is 194 Å². The molecule has 2 aromatic rings. The van der Waals surface area contributed by atoms with E-state index in [1.165, 1.54) is 36.4 Å². The summed E-state index contributed by atoms with van der Waals surface area (Å²) in [5.74, 6) is -1.02. The highest BCUT2D eigenvalue weighted by Gasteiger charge is 2.31. The molecule has 1 aliphatic heterocycles. The van der Waals surface area contributed by atoms with Gasteiger partial charge in [-0.25, -0.2) is 13.5 Å². The van der Waals surface area contributed by atoms with Crippen LogP contribution in [0.3, 0.4) is 0 Å². The molecule has 186 valence electrons. The van der Waals surface area contributed by atoms with Crippen molar-refractivity contribution in [3.63, 3.8) is 0 Å². The zero-order valence-corrected chi connectivity index (χ0v) is 18.7. The first-order chi connectivity index (χ1) is 16.1. The molecule has 0 bridgehead atoms. The second kappa shape index (κ2) is 11.0. The highest BCUT2D eigenvalue weighted by atomic mass is 32.2. The van der Waals surface area contributed by atoms with E-state index in [4.69, 9.17) is 9.47 Å². The number of morpholine rings is 1. The van der Waals surface area contributed by atoms with E-state index in [0.717, 1.165) is 12.1 Å². The lowest BCUT2D eigenvalue weighted by molar-refractivity contribution is -0.274. The van der Waals surface area contributed by atoms with Crippen molar-refractivity contribution < 1.29 is 45.8 Å². The number of nitrogens with zero attached hydrogens (tertiary/aromatic N) is 2. The monoisotopic (exact) mass is 504 g/mol. The normalized spacial score (nSPS) is 16.0. The van der Waals surface area contributed by atoms with Crippen LogP contribution in [-0.4, -0.2) is 81.0 Å². The van der Waals surface area contributed by atoms with Crippen molar-refractivity contribution in [2.24, 2.45) is 0 Å². The Morgan fingerprint density at radius 3 is 2.32 bits per heavy atom. The highest BCUT2D eigenvalue weighted by molar-refractivity contribution is 7.91. The maximum Gasteiger partial charge on any atom is 0.573 e. The SMILES string of the molecule is O=CN(O)C(CN1CCOCC1)CS(=O)(=O)c1ccccc1Oc1ccc(OC(F)(F)F)cc1. The van der Waals surface area contributed by atoms with Gasteiger partial charge in [-0.15, -0.1) is 13.2 Å². The van der Waals surface area contributed by atoms with Crippen LogP contribution in [0.1, 0.15) is 0 Å². The van der Waals surface area contributed by atoms with Crippen molar-refractivity contribution in [2.45, 2.75) is 17.3 Å². The van der Waals surface area contributed by atoms with Gasteiger partial charge < -0.3 is 14.2 Å². The summed E-state index contributed by atoms with van der Waals surface area (Å²) in [5.41, 5.74) is 0. The second-order valence-electron chi connectivity index (χ2n) is 7.40. The Bertz CT molecular complexity index is 1060. The molecule has 13 heteroatoms. The minimum atomic E-state index is -4.84. The molecule has 1 amide bonds. The van der Waals surface area contributed by atoms with Gasteiger partial charge in [0.05, 0.1) is 25.0 Å². The third-order valence-corrected chi connectivity index (χ3v) is 6.77. The molecule has 0 spiro atoms. The van der Waals surface area contributed by atoms with Gasteiger partial charge in [0.1, 0.15) is 22.1 Å². The minimum absolute atomic E-state index is 0.0623. The number of ether oxygens (including phenoxy) is 3. The maximum atomic E-state index is 13.2. The van der Waals surface area contributed by atoms with E-state index in [0.29, 0.717) is 31.4 Å². The molecule has 2 aromatic carbocycles. The predicted octanol–water partition coefficient (Wildman–Crippen LogP) is 2.70. The topological polar surface area (TPSA) is 106 Å². The number of hydrogen-bond acceptors (Lipinski definition) is 8. The summed E-state index contributed by atoms with van der Waals surface area (Å²) >= 11 is 0. The molecule has 1 heterocycles. The van der Waals surface area contributed by atoms with Crippen molar-refractivity contribution in [3.8, 4) is 17.2 Å². The fourth-order valence-corrected chi connectivity index (χ4v) is 5.00. The first kappa shape index (κ1) is 25.7. The Kier molecular flexibility index (Phi) is 8.36. The summed E-state index contributed by atoms with van der Waals surface area (Å²) in [5, 5.41) is 10.3. The van der Waals surface area contributed by atoms with Crippen LogP contribution < -0.4 is 9.47 Å². The van der Waals surface area contributed by atoms with Gasteiger partial charge in [0.25, 0.3) is 0 Å². The van der Waals surface area contributed by atoms with Crippen LogP contribution in [0, 0.1) is 0 Å². The Morgan fingerprint density at radius 1 is 1.09 bits per heavy atom. The van der Waals surface area contributed by atoms with Gasteiger partial charge >= 0.3 is 6.36 Å². The molecule has 9 nitrogen and oxygen atoms in total. The first-order valence-corrected chi connectivity index (χ1v) is 11.8. The summed E-state index contributed by atoms with van der Waals surface area (Å²) in [6, 6.07) is 9.13. The number of halogens is 3. The first-order valence-electron chi connectivity index (χ1n) is 10.2. The summed E-state index contributed by atoms with van der Waals surface area (Å²) in [7, 11) is -4.07. The van der Waals surface area contributed by atoms with E-state index in [1.54, 1.807) is 0 Å². The molecular formula is C21H23F3N2O7S. The molecule has 0 aliphatic carbocycles. The van der Waals surface area contributed by atoms with Crippen LogP contribution in [0.25, 0.3) is 0 Å². The zero-order valence-electron chi connectivity index (χ0n) is 17.8. The van der Waals surface area contributed by atoms with E-state index in [2.05, 4.69) is 4.74 Å². The third kappa shape index (κ3) is 7.32. The molecule has 1 aliphatic rings. The average molecular weight is 504 g/mol. The molecule has 3 rings (SSSR count). The van der Waals surface area contributed by atoms with Crippen LogP contribution in [0.4, 0.5) is 13.2 Å². The van der Waals surface area contributed by atoms with E-state index in [9.17, 15) is 31.6 Å². The van der Waals surface area contributed by atoms with Gasteiger partial charge in [-0.2, -0.15) is 0 Å². The summed E-state index contributed by atoms with van der Waals surface area (Å²) in [4.78, 5) is 12.8. The van der Waals surface area contributed by atoms with Gasteiger partial charge in [0, 0.05) is 19.6 Å². The number of sulfone groups is 1. The second-order valence-corrected chi connectivity index (χ2v) is 9.40. The van der Waals surface area contributed by atoms with Crippen molar-refractivity contribution in [2.75, 3.05) is 38.6 Å². The van der Waals surface area contributed by atoms with E-state index >= 15 is 0 Å². The Balaban J connectivity index is 1.78. The van der Waals surface area contributed by atoms with Crippen molar-refractivity contribution in [3.05, 3.63) is 48.5 Å². The van der Waals surface area contributed by atoms with Crippen molar-refractivity contribution in [1.29, 1.82) is 0 Å². The number of hydrogen-bond donors (Lipinski definition) is 1. The van der Waals surface area contributed by atoms with Crippen LogP contribution in [0.2, 0.25) is 0 Å². The molecule has 0 saturated carbocycles. The predicted molar refractivity (Wildman–Crippen MR) is 112 cm³/mol. The lowest BCUT2D eigenvalue weighted by atomic mass is 10.3. The lowest BCUT2D eigenvalue weighted by Gasteiger charge is -2.32. The molecule has 1 fully saturated rings. The van der Waals surface area contributed by atoms with Crippen LogP contribution in [0.15, 0.2) is 53.4 Å². The fourth-order valence-electron chi connectivity index (χ4n) is 3.35. The number of rotatable bonds is 10. The molecule has 1 saturated heterocycles. The standard InChI is InChI=1S/C21H23F3N2O7S/c22-21(23,24)33-18-7-5-17(6-8-18)32-19-3-1-2-4-20(19)34(29,30)14-16(26(28)15-27)13-25-9-11-31-12-10-25/h1-8,15-16,28H,9-14H2. The molecule has 1 unspecified atom stereocenters. The van der Waals surface area contributed by atoms with Crippen LogP contribution in [0.5, 0.6) is 17.2 Å². The number of hydroxylamine groups is 2. The number of alkyl halides is 3. The summed E-state index contributed by atoms with van der Waals surface area (Å²) in [6.07, 6.45) is -4.70. The minimum Gasteiger partial charge on any atom is -0.456 e. The van der Waals surface area contributed by atoms with Crippen LogP contribution in [-0.2, 0) is 19.4 Å². The summed E-state index contributed by atoms with van der Waals surface area (Å²) in [6.45, 7) is 2.07. The highest BCUT2D eigenvalue weighted by Crippen LogP contribution is 2.32. The average Bonchev–Trinajstić information content (AvgIpc) is 2.79. The molecule has 0 radical (unpaired) electrons. The number of carbonyl (C=O) groups excluding carboxylic acids is 1. The van der Waals surface area contributed by atoms with Crippen LogP contribution >= 0.6 is 0 Å². The Hall–Kier alpha value is -2.87. The van der Waals surface area contributed by atoms with Crippen molar-refractivity contribution in [1.82, 2.24) is 9.96 Å². The maximum absolute atomic E-state index is 13.2. The van der Waals surface area contributed by atoms with Gasteiger partial charge in [0.2, 0.25) is 6.41 Å². The summed E-state index contributed by atoms with van der Waals surface area (Å²) < 4.78 is 78.1. The smallest absolute Gasteiger partial charge is 0.456 e. The Morgan fingerprint density at radius 2 is 1.71 bits per heavy atom. The quantitative estimate of drug-likeness (QED) is 0.299. The van der Waals surface area contributed by atoms with E-state index in [1.807, 2.05) is 4.90 Å². The molecular weight excluding hydrogens is 481 g/mol. The molecule has 1 atom stereocenters. The molecule has 34 heavy (non-hydrogen) atoms. The zero-order chi connectivity index (χ0) is 24.8. The molecule has 0 aromatic heterocycles. The van der Waals surface area contributed by atoms with E-state index < -0.39 is 33.7 Å². The number of carbonyl (C=O) groups is 1. The lowest BCUT2D eigenvalue weighted by Crippen LogP contribution is -2.48. The largest absolute Gasteiger partial charge is 0.573 e. The van der Waals surface area contributed by atoms with Gasteiger partial charge in [-0.3, -0.25) is 14.9 Å². The number of benzene rings is 2.